The number of sulfonamides is 1. The van der Waals surface area contributed by atoms with Crippen LogP contribution in [0.3, 0.4) is 0 Å². The topological polar surface area (TPSA) is 79.6 Å². The molecule has 1 amide bonds. The maximum Gasteiger partial charge on any atom is 0.291 e. The van der Waals surface area contributed by atoms with Gasteiger partial charge in [-0.15, -0.1) is 0 Å². The zero-order chi connectivity index (χ0) is 21.0. The van der Waals surface area contributed by atoms with Crippen molar-refractivity contribution in [2.24, 2.45) is 0 Å². The van der Waals surface area contributed by atoms with Gasteiger partial charge in [0, 0.05) is 18.8 Å². The molecule has 0 saturated carbocycles. The largest absolute Gasteiger partial charge is 0.451 e. The van der Waals surface area contributed by atoms with Crippen LogP contribution < -0.4 is 5.32 Å². The van der Waals surface area contributed by atoms with Gasteiger partial charge in [0.25, 0.3) is 5.91 Å². The van der Waals surface area contributed by atoms with Crippen molar-refractivity contribution in [1.82, 2.24) is 4.31 Å². The first kappa shape index (κ1) is 20.8. The molecule has 2 aromatic carbocycles. The summed E-state index contributed by atoms with van der Waals surface area (Å²) in [7, 11) is -3.64. The predicted molar refractivity (Wildman–Crippen MR) is 109 cm³/mol. The summed E-state index contributed by atoms with van der Waals surface area (Å²) in [6.07, 6.45) is 0. The number of benzene rings is 2. The molecule has 0 aliphatic heterocycles. The van der Waals surface area contributed by atoms with Gasteiger partial charge < -0.3 is 9.73 Å². The lowest BCUT2D eigenvalue weighted by Gasteiger charge is -2.18. The van der Waals surface area contributed by atoms with E-state index >= 15 is 0 Å². The molecule has 0 unspecified atom stereocenters. The number of amides is 1. The number of halogens is 1. The molecule has 8 heteroatoms. The summed E-state index contributed by atoms with van der Waals surface area (Å²) in [4.78, 5) is 12.6. The van der Waals surface area contributed by atoms with Gasteiger partial charge in [-0.05, 0) is 42.5 Å². The summed E-state index contributed by atoms with van der Waals surface area (Å²) in [6, 6.07) is 15.0. The number of hydrogen-bond acceptors (Lipinski definition) is 4. The fourth-order valence-electron chi connectivity index (χ4n) is 2.91. The van der Waals surface area contributed by atoms with Gasteiger partial charge in [0.15, 0.2) is 5.76 Å². The fraction of sp³-hybridized carbons (Fsp3) is 0.190. The van der Waals surface area contributed by atoms with Gasteiger partial charge in [-0.25, -0.2) is 12.8 Å². The van der Waals surface area contributed by atoms with Crippen molar-refractivity contribution >= 4 is 21.6 Å². The highest BCUT2D eigenvalue weighted by atomic mass is 32.2. The highest BCUT2D eigenvalue weighted by Gasteiger charge is 2.22. The van der Waals surface area contributed by atoms with Crippen molar-refractivity contribution in [3.05, 3.63) is 72.2 Å². The summed E-state index contributed by atoms with van der Waals surface area (Å²) in [6.45, 7) is 4.22. The maximum atomic E-state index is 13.9. The predicted octanol–water partition coefficient (Wildman–Crippen LogP) is 4.37. The molecule has 0 saturated heterocycles. The van der Waals surface area contributed by atoms with Gasteiger partial charge in [-0.1, -0.05) is 32.0 Å². The molecule has 0 atom stereocenters. The third-order valence-corrected chi connectivity index (χ3v) is 6.45. The normalized spacial score (nSPS) is 11.6. The molecule has 0 fully saturated rings. The standard InChI is InChI=1S/C21H21FN2O4S/c1-3-24(4-2)29(26,27)16-9-7-8-15(14-16)23-21(25)20-13-12-19(28-20)17-10-5-6-11-18(17)22/h5-14H,3-4H2,1-2H3,(H,23,25). The summed E-state index contributed by atoms with van der Waals surface area (Å²) < 4.78 is 46.0. The second-order valence-electron chi connectivity index (χ2n) is 6.22. The molecule has 29 heavy (non-hydrogen) atoms. The van der Waals surface area contributed by atoms with E-state index < -0.39 is 21.7 Å². The Labute approximate surface area is 169 Å². The Kier molecular flexibility index (Phi) is 6.14. The highest BCUT2D eigenvalue weighted by molar-refractivity contribution is 7.89. The number of carbonyl (C=O) groups is 1. The van der Waals surface area contributed by atoms with Gasteiger partial charge in [0.2, 0.25) is 10.0 Å². The Morgan fingerprint density at radius 1 is 1.03 bits per heavy atom. The molecule has 0 aliphatic carbocycles. The van der Waals surface area contributed by atoms with E-state index in [4.69, 9.17) is 4.42 Å². The van der Waals surface area contributed by atoms with Gasteiger partial charge >= 0.3 is 0 Å². The molecule has 1 heterocycles. The van der Waals surface area contributed by atoms with Crippen LogP contribution in [0.2, 0.25) is 0 Å². The number of anilines is 1. The first-order valence-corrected chi connectivity index (χ1v) is 10.6. The fourth-order valence-corrected chi connectivity index (χ4v) is 4.41. The van der Waals surface area contributed by atoms with Crippen molar-refractivity contribution in [2.75, 3.05) is 18.4 Å². The van der Waals surface area contributed by atoms with E-state index in [0.29, 0.717) is 18.8 Å². The van der Waals surface area contributed by atoms with Gasteiger partial charge in [-0.3, -0.25) is 4.79 Å². The van der Waals surface area contributed by atoms with Crippen LogP contribution in [0.4, 0.5) is 10.1 Å². The minimum Gasteiger partial charge on any atom is -0.451 e. The number of nitrogens with one attached hydrogen (secondary N) is 1. The van der Waals surface area contributed by atoms with Crippen LogP contribution in [0.1, 0.15) is 24.4 Å². The average molecular weight is 416 g/mol. The number of carbonyl (C=O) groups excluding carboxylic acids is 1. The Morgan fingerprint density at radius 2 is 1.76 bits per heavy atom. The minimum atomic E-state index is -3.64. The minimum absolute atomic E-state index is 0.0137. The zero-order valence-electron chi connectivity index (χ0n) is 16.1. The van der Waals surface area contributed by atoms with E-state index in [1.807, 2.05) is 0 Å². The van der Waals surface area contributed by atoms with Crippen molar-refractivity contribution < 1.29 is 22.0 Å². The van der Waals surface area contributed by atoms with Crippen LogP contribution in [0, 0.1) is 5.82 Å². The summed E-state index contributed by atoms with van der Waals surface area (Å²) in [5, 5.41) is 2.62. The first-order chi connectivity index (χ1) is 13.9. The van der Waals surface area contributed by atoms with Gasteiger partial charge in [0.05, 0.1) is 10.5 Å². The molecule has 3 rings (SSSR count). The molecule has 0 bridgehead atoms. The molecule has 0 radical (unpaired) electrons. The van der Waals surface area contributed by atoms with Crippen molar-refractivity contribution in [3.8, 4) is 11.3 Å². The SMILES string of the molecule is CCN(CC)S(=O)(=O)c1cccc(NC(=O)c2ccc(-c3ccccc3F)o2)c1. The molecule has 0 aliphatic rings. The number of nitrogens with zero attached hydrogens (tertiary/aromatic N) is 1. The molecule has 3 aromatic rings. The Bertz CT molecular complexity index is 1120. The Hall–Kier alpha value is -2.97. The molecule has 1 aromatic heterocycles. The van der Waals surface area contributed by atoms with Crippen molar-refractivity contribution in [2.45, 2.75) is 18.7 Å². The quantitative estimate of drug-likeness (QED) is 0.620. The second kappa shape index (κ2) is 8.59. The van der Waals surface area contributed by atoms with E-state index in [1.165, 1.54) is 34.6 Å². The maximum absolute atomic E-state index is 13.9. The molecular formula is C21H21FN2O4S. The van der Waals surface area contributed by atoms with Crippen molar-refractivity contribution in [1.29, 1.82) is 0 Å². The van der Waals surface area contributed by atoms with Gasteiger partial charge in [-0.2, -0.15) is 4.31 Å². The Balaban J connectivity index is 1.81. The lowest BCUT2D eigenvalue weighted by molar-refractivity contribution is 0.0997. The van der Waals surface area contributed by atoms with E-state index in [2.05, 4.69) is 5.32 Å². The van der Waals surface area contributed by atoms with Crippen LogP contribution in [0.15, 0.2) is 70.0 Å². The number of rotatable bonds is 7. The monoisotopic (exact) mass is 416 g/mol. The highest BCUT2D eigenvalue weighted by Crippen LogP contribution is 2.25. The van der Waals surface area contributed by atoms with Crippen LogP contribution >= 0.6 is 0 Å². The van der Waals surface area contributed by atoms with Crippen molar-refractivity contribution in [3.63, 3.8) is 0 Å². The van der Waals surface area contributed by atoms with Crippen LogP contribution in [0.5, 0.6) is 0 Å². The lowest BCUT2D eigenvalue weighted by Crippen LogP contribution is -2.30. The van der Waals surface area contributed by atoms with E-state index in [9.17, 15) is 17.6 Å². The summed E-state index contributed by atoms with van der Waals surface area (Å²) in [5.41, 5.74) is 0.561. The lowest BCUT2D eigenvalue weighted by atomic mass is 10.1. The molecule has 0 spiro atoms. The molecular weight excluding hydrogens is 395 g/mol. The third-order valence-electron chi connectivity index (χ3n) is 4.40. The van der Waals surface area contributed by atoms with Crippen LogP contribution in [-0.2, 0) is 10.0 Å². The first-order valence-electron chi connectivity index (χ1n) is 9.13. The summed E-state index contributed by atoms with van der Waals surface area (Å²) >= 11 is 0. The van der Waals surface area contributed by atoms with Gasteiger partial charge in [0.1, 0.15) is 11.6 Å². The molecule has 152 valence electrons. The smallest absolute Gasteiger partial charge is 0.291 e. The molecule has 6 nitrogen and oxygen atoms in total. The zero-order valence-corrected chi connectivity index (χ0v) is 16.9. The average Bonchev–Trinajstić information content (AvgIpc) is 3.19. The third kappa shape index (κ3) is 4.38. The van der Waals surface area contributed by atoms with E-state index in [-0.39, 0.29) is 22.0 Å². The summed E-state index contributed by atoms with van der Waals surface area (Å²) in [5.74, 6) is -0.806. The van der Waals surface area contributed by atoms with Crippen LogP contribution in [-0.4, -0.2) is 31.7 Å². The second-order valence-corrected chi connectivity index (χ2v) is 8.15. The number of hydrogen-bond donors (Lipinski definition) is 1. The molecule has 1 N–H and O–H groups in total. The van der Waals surface area contributed by atoms with Crippen LogP contribution in [0.25, 0.3) is 11.3 Å². The van der Waals surface area contributed by atoms with E-state index in [0.717, 1.165) is 0 Å². The van der Waals surface area contributed by atoms with E-state index in [1.54, 1.807) is 44.2 Å². The Morgan fingerprint density at radius 3 is 2.45 bits per heavy atom. The number of furan rings is 1.